The average Bonchev–Trinajstić information content (AvgIpc) is 2.25. The van der Waals surface area contributed by atoms with Crippen molar-refractivity contribution in [1.29, 1.82) is 0 Å². The first-order valence-electron chi connectivity index (χ1n) is 5.18. The Morgan fingerprint density at radius 1 is 1.33 bits per heavy atom. The Bertz CT molecular complexity index is 304. The first-order chi connectivity index (χ1) is 7.14. The van der Waals surface area contributed by atoms with E-state index in [4.69, 9.17) is 4.74 Å². The number of allylic oxidation sites excluding steroid dienone is 1. The Morgan fingerprint density at radius 2 is 2.00 bits per heavy atom. The molecule has 1 nitrogen and oxygen atoms in total. The van der Waals surface area contributed by atoms with E-state index in [0.717, 1.165) is 6.42 Å². The topological polar surface area (TPSA) is 9.23 Å². The molecule has 0 bridgehead atoms. The minimum Gasteiger partial charge on any atom is -0.356 e. The van der Waals surface area contributed by atoms with Crippen molar-refractivity contribution < 1.29 is 4.74 Å². The van der Waals surface area contributed by atoms with E-state index >= 15 is 0 Å². The second kappa shape index (κ2) is 6.09. The van der Waals surface area contributed by atoms with Crippen molar-refractivity contribution >= 4 is 15.9 Å². The van der Waals surface area contributed by atoms with Crippen molar-refractivity contribution in [2.45, 2.75) is 31.4 Å². The molecule has 1 atom stereocenters. The van der Waals surface area contributed by atoms with Gasteiger partial charge in [0, 0.05) is 0 Å². The van der Waals surface area contributed by atoms with Crippen LogP contribution in [0.5, 0.6) is 0 Å². The summed E-state index contributed by atoms with van der Waals surface area (Å²) in [5.74, 6) is 0. The van der Waals surface area contributed by atoms with Gasteiger partial charge < -0.3 is 4.74 Å². The lowest BCUT2D eigenvalue weighted by Gasteiger charge is -2.19. The summed E-state index contributed by atoms with van der Waals surface area (Å²) in [5.41, 5.74) is 1.19. The first-order valence-corrected chi connectivity index (χ1v) is 5.98. The number of alkyl halides is 1. The molecular weight excluding hydrogens is 252 g/mol. The average molecular weight is 269 g/mol. The number of benzene rings is 1. The van der Waals surface area contributed by atoms with Gasteiger partial charge in [-0.05, 0) is 40.9 Å². The molecule has 82 valence electrons. The molecule has 15 heavy (non-hydrogen) atoms. The fourth-order valence-corrected chi connectivity index (χ4v) is 1.48. The van der Waals surface area contributed by atoms with E-state index in [9.17, 15) is 0 Å². The van der Waals surface area contributed by atoms with Gasteiger partial charge in [0.2, 0.25) is 0 Å². The Morgan fingerprint density at radius 3 is 2.60 bits per heavy atom. The Labute approximate surface area is 100 Å². The highest BCUT2D eigenvalue weighted by Gasteiger charge is 2.15. The fourth-order valence-electron chi connectivity index (χ4n) is 1.18. The molecule has 0 aromatic heterocycles. The van der Waals surface area contributed by atoms with E-state index in [0.29, 0.717) is 6.61 Å². The molecule has 2 heteroatoms. The number of hydrogen-bond acceptors (Lipinski definition) is 1. The SMILES string of the molecule is CC/C=C\C(C)(Br)OCc1ccccc1. The molecule has 0 aliphatic heterocycles. The Kier molecular flexibility index (Phi) is 5.06. The van der Waals surface area contributed by atoms with E-state index in [1.807, 2.05) is 31.2 Å². The molecule has 0 amide bonds. The summed E-state index contributed by atoms with van der Waals surface area (Å²) in [7, 11) is 0. The lowest BCUT2D eigenvalue weighted by atomic mass is 10.2. The van der Waals surface area contributed by atoms with Gasteiger partial charge in [-0.3, -0.25) is 0 Å². The first kappa shape index (κ1) is 12.5. The van der Waals surface area contributed by atoms with Crippen LogP contribution in [0.15, 0.2) is 42.5 Å². The third-order valence-corrected chi connectivity index (χ3v) is 2.51. The molecule has 1 aromatic rings. The molecule has 0 radical (unpaired) electrons. The predicted octanol–water partition coefficient (Wildman–Crippen LogP) is 4.28. The highest BCUT2D eigenvalue weighted by molar-refractivity contribution is 9.10. The van der Waals surface area contributed by atoms with Crippen LogP contribution in [0.1, 0.15) is 25.8 Å². The number of rotatable bonds is 5. The van der Waals surface area contributed by atoms with Crippen LogP contribution in [0.4, 0.5) is 0 Å². The van der Waals surface area contributed by atoms with Crippen LogP contribution in [0.2, 0.25) is 0 Å². The maximum absolute atomic E-state index is 5.75. The molecule has 1 unspecified atom stereocenters. The third-order valence-electron chi connectivity index (χ3n) is 2.02. The van der Waals surface area contributed by atoms with Gasteiger partial charge in [0.1, 0.15) is 4.51 Å². The van der Waals surface area contributed by atoms with E-state index in [-0.39, 0.29) is 4.51 Å². The van der Waals surface area contributed by atoms with Crippen LogP contribution in [-0.4, -0.2) is 4.51 Å². The van der Waals surface area contributed by atoms with E-state index < -0.39 is 0 Å². The van der Waals surface area contributed by atoms with Gasteiger partial charge in [0.05, 0.1) is 6.61 Å². The number of halogens is 1. The van der Waals surface area contributed by atoms with Crippen molar-refractivity contribution in [3.63, 3.8) is 0 Å². The second-order valence-corrected chi connectivity index (χ2v) is 5.15. The smallest absolute Gasteiger partial charge is 0.138 e. The Balaban J connectivity index is 2.46. The van der Waals surface area contributed by atoms with Gasteiger partial charge in [-0.2, -0.15) is 0 Å². The summed E-state index contributed by atoms with van der Waals surface area (Å²) in [4.78, 5) is 0. The minimum atomic E-state index is -0.362. The fraction of sp³-hybridized carbons (Fsp3) is 0.385. The maximum atomic E-state index is 5.75. The van der Waals surface area contributed by atoms with Crippen LogP contribution in [-0.2, 0) is 11.3 Å². The summed E-state index contributed by atoms with van der Waals surface area (Å²) >= 11 is 3.53. The molecule has 1 aromatic carbocycles. The van der Waals surface area contributed by atoms with Crippen molar-refractivity contribution in [3.8, 4) is 0 Å². The lowest BCUT2D eigenvalue weighted by molar-refractivity contribution is 0.0643. The van der Waals surface area contributed by atoms with E-state index in [2.05, 4.69) is 41.1 Å². The third kappa shape index (κ3) is 5.14. The molecule has 1 rings (SSSR count). The zero-order chi connectivity index (χ0) is 11.1. The molecule has 0 heterocycles. The van der Waals surface area contributed by atoms with Gasteiger partial charge in [0.25, 0.3) is 0 Å². The summed E-state index contributed by atoms with van der Waals surface area (Å²) in [6, 6.07) is 10.2. The standard InChI is InChI=1S/C13H17BrO/c1-3-4-10-13(2,14)15-11-12-8-6-5-7-9-12/h4-10H,3,11H2,1-2H3/b10-4-. The molecule has 0 saturated heterocycles. The largest absolute Gasteiger partial charge is 0.356 e. The molecule has 0 spiro atoms. The second-order valence-electron chi connectivity index (χ2n) is 3.57. The number of ether oxygens (including phenoxy) is 1. The molecular formula is C13H17BrO. The minimum absolute atomic E-state index is 0.362. The summed E-state index contributed by atoms with van der Waals surface area (Å²) in [6.07, 6.45) is 5.16. The van der Waals surface area contributed by atoms with Crippen LogP contribution < -0.4 is 0 Å². The summed E-state index contributed by atoms with van der Waals surface area (Å²) in [6.45, 7) is 4.73. The maximum Gasteiger partial charge on any atom is 0.138 e. The van der Waals surface area contributed by atoms with Crippen molar-refractivity contribution in [1.82, 2.24) is 0 Å². The zero-order valence-corrected chi connectivity index (χ0v) is 10.8. The van der Waals surface area contributed by atoms with Crippen LogP contribution in [0.25, 0.3) is 0 Å². The molecule has 0 aliphatic carbocycles. The van der Waals surface area contributed by atoms with Crippen molar-refractivity contribution in [3.05, 3.63) is 48.0 Å². The van der Waals surface area contributed by atoms with Gasteiger partial charge >= 0.3 is 0 Å². The highest BCUT2D eigenvalue weighted by Crippen LogP contribution is 2.22. The van der Waals surface area contributed by atoms with E-state index in [1.165, 1.54) is 5.56 Å². The van der Waals surface area contributed by atoms with Gasteiger partial charge in [-0.1, -0.05) is 43.3 Å². The normalized spacial score (nSPS) is 15.4. The van der Waals surface area contributed by atoms with Gasteiger partial charge in [0.15, 0.2) is 0 Å². The summed E-state index contributed by atoms with van der Waals surface area (Å²) < 4.78 is 5.39. The summed E-state index contributed by atoms with van der Waals surface area (Å²) in [5, 5.41) is 0. The van der Waals surface area contributed by atoms with Crippen molar-refractivity contribution in [2.24, 2.45) is 0 Å². The van der Waals surface area contributed by atoms with Crippen LogP contribution in [0.3, 0.4) is 0 Å². The zero-order valence-electron chi connectivity index (χ0n) is 9.24. The molecule has 0 fully saturated rings. The predicted molar refractivity (Wildman–Crippen MR) is 68.0 cm³/mol. The number of hydrogen-bond donors (Lipinski definition) is 0. The van der Waals surface area contributed by atoms with Gasteiger partial charge in [-0.25, -0.2) is 0 Å². The lowest BCUT2D eigenvalue weighted by Crippen LogP contribution is -2.16. The van der Waals surface area contributed by atoms with Crippen molar-refractivity contribution in [2.75, 3.05) is 0 Å². The molecule has 0 saturated carbocycles. The monoisotopic (exact) mass is 268 g/mol. The quantitative estimate of drug-likeness (QED) is 0.572. The van der Waals surface area contributed by atoms with Crippen LogP contribution in [0, 0.1) is 0 Å². The van der Waals surface area contributed by atoms with Gasteiger partial charge in [-0.15, -0.1) is 0 Å². The molecule has 0 N–H and O–H groups in total. The highest BCUT2D eigenvalue weighted by atomic mass is 79.9. The van der Waals surface area contributed by atoms with E-state index in [1.54, 1.807) is 0 Å². The molecule has 0 aliphatic rings. The van der Waals surface area contributed by atoms with Crippen LogP contribution >= 0.6 is 15.9 Å². The Hall–Kier alpha value is -0.600.